The number of rotatable bonds is 4. The fourth-order valence-corrected chi connectivity index (χ4v) is 3.58. The zero-order valence-electron chi connectivity index (χ0n) is 13.8. The van der Waals surface area contributed by atoms with E-state index in [2.05, 4.69) is 15.6 Å². The molecule has 3 aromatic rings. The third-order valence-electron chi connectivity index (χ3n) is 4.07. The highest BCUT2D eigenvalue weighted by Crippen LogP contribution is 2.29. The predicted octanol–water partition coefficient (Wildman–Crippen LogP) is 2.78. The van der Waals surface area contributed by atoms with E-state index in [0.29, 0.717) is 35.3 Å². The van der Waals surface area contributed by atoms with E-state index in [9.17, 15) is 9.18 Å². The first-order valence-electron chi connectivity index (χ1n) is 8.22. The van der Waals surface area contributed by atoms with E-state index in [1.54, 1.807) is 30.5 Å². The standard InChI is InChI=1S/C18H17FN4O2S/c19-12-1-3-14(4-2-12)25-17-6-5-15(26-17)18(24)22-13-9-20-10-16-21-7-8-23(16)11-13/h1-8,13,20H,9-11H2,(H,22,24). The molecule has 0 fully saturated rings. The van der Waals surface area contributed by atoms with Gasteiger partial charge in [0, 0.05) is 25.5 Å². The first-order valence-corrected chi connectivity index (χ1v) is 9.04. The number of carbonyl (C=O) groups excluding carboxylic acids is 1. The van der Waals surface area contributed by atoms with Gasteiger partial charge in [-0.2, -0.15) is 0 Å². The Kier molecular flexibility index (Phi) is 4.68. The molecule has 1 aliphatic heterocycles. The summed E-state index contributed by atoms with van der Waals surface area (Å²) in [7, 11) is 0. The van der Waals surface area contributed by atoms with Crippen LogP contribution >= 0.6 is 11.3 Å². The molecular weight excluding hydrogens is 355 g/mol. The summed E-state index contributed by atoms with van der Waals surface area (Å²) < 4.78 is 20.6. The Morgan fingerprint density at radius 3 is 3.00 bits per heavy atom. The zero-order chi connectivity index (χ0) is 17.9. The van der Waals surface area contributed by atoms with Crippen molar-refractivity contribution in [2.45, 2.75) is 19.1 Å². The molecule has 6 nitrogen and oxygen atoms in total. The molecule has 1 unspecified atom stereocenters. The molecule has 0 bridgehead atoms. The SMILES string of the molecule is O=C(NC1CNCc2nccn2C1)c1ccc(Oc2ccc(F)cc2)s1. The highest BCUT2D eigenvalue weighted by atomic mass is 32.1. The largest absolute Gasteiger partial charge is 0.447 e. The minimum absolute atomic E-state index is 0.0264. The lowest BCUT2D eigenvalue weighted by molar-refractivity contribution is 0.0937. The lowest BCUT2D eigenvalue weighted by atomic mass is 10.2. The van der Waals surface area contributed by atoms with Crippen molar-refractivity contribution in [3.8, 4) is 10.8 Å². The summed E-state index contributed by atoms with van der Waals surface area (Å²) in [6, 6.07) is 9.21. The number of nitrogens with zero attached hydrogens (tertiary/aromatic N) is 2. The van der Waals surface area contributed by atoms with Crippen LogP contribution in [0, 0.1) is 5.82 Å². The maximum absolute atomic E-state index is 12.9. The van der Waals surface area contributed by atoms with Gasteiger partial charge in [-0.1, -0.05) is 11.3 Å². The van der Waals surface area contributed by atoms with Crippen LogP contribution in [0.25, 0.3) is 0 Å². The number of aromatic nitrogens is 2. The third-order valence-corrected chi connectivity index (χ3v) is 5.03. The third kappa shape index (κ3) is 3.76. The van der Waals surface area contributed by atoms with Crippen molar-refractivity contribution in [3.05, 3.63) is 65.3 Å². The number of nitrogens with one attached hydrogen (secondary N) is 2. The summed E-state index contributed by atoms with van der Waals surface area (Å²) in [5.74, 6) is 1.04. The number of benzene rings is 1. The molecule has 134 valence electrons. The van der Waals surface area contributed by atoms with Gasteiger partial charge in [0.2, 0.25) is 0 Å². The van der Waals surface area contributed by atoms with Crippen LogP contribution in [0.5, 0.6) is 10.8 Å². The Bertz CT molecular complexity index is 906. The maximum Gasteiger partial charge on any atom is 0.261 e. The number of carbonyl (C=O) groups is 1. The van der Waals surface area contributed by atoms with E-state index in [1.165, 1.54) is 23.5 Å². The van der Waals surface area contributed by atoms with Gasteiger partial charge in [-0.05, 0) is 36.4 Å². The molecular formula is C18H17FN4O2S. The molecule has 4 rings (SSSR count). The van der Waals surface area contributed by atoms with Crippen molar-refractivity contribution in [2.24, 2.45) is 0 Å². The molecule has 0 aliphatic carbocycles. The van der Waals surface area contributed by atoms with E-state index in [-0.39, 0.29) is 17.8 Å². The molecule has 2 N–H and O–H groups in total. The maximum atomic E-state index is 12.9. The van der Waals surface area contributed by atoms with Crippen LogP contribution in [0.15, 0.2) is 48.8 Å². The minimum Gasteiger partial charge on any atom is -0.447 e. The number of imidazole rings is 1. The van der Waals surface area contributed by atoms with Crippen molar-refractivity contribution in [2.75, 3.05) is 6.54 Å². The van der Waals surface area contributed by atoms with Crippen molar-refractivity contribution in [1.29, 1.82) is 0 Å². The molecule has 0 saturated carbocycles. The minimum atomic E-state index is -0.318. The summed E-state index contributed by atoms with van der Waals surface area (Å²) in [6.07, 6.45) is 3.68. The van der Waals surface area contributed by atoms with Crippen LogP contribution in [0.1, 0.15) is 15.5 Å². The highest BCUT2D eigenvalue weighted by molar-refractivity contribution is 7.15. The zero-order valence-corrected chi connectivity index (χ0v) is 14.6. The Balaban J connectivity index is 1.39. The Labute approximate surface area is 153 Å². The van der Waals surface area contributed by atoms with Gasteiger partial charge < -0.3 is 19.9 Å². The number of hydrogen-bond donors (Lipinski definition) is 2. The van der Waals surface area contributed by atoms with Gasteiger partial charge in [-0.15, -0.1) is 0 Å². The second-order valence-electron chi connectivity index (χ2n) is 5.97. The molecule has 8 heteroatoms. The number of amides is 1. The molecule has 0 saturated heterocycles. The van der Waals surface area contributed by atoms with E-state index in [0.717, 1.165) is 5.82 Å². The second kappa shape index (κ2) is 7.27. The first-order chi connectivity index (χ1) is 12.7. The van der Waals surface area contributed by atoms with Crippen molar-refractivity contribution < 1.29 is 13.9 Å². The average Bonchev–Trinajstić information content (AvgIpc) is 3.23. The quantitative estimate of drug-likeness (QED) is 0.739. The average molecular weight is 372 g/mol. The van der Waals surface area contributed by atoms with Gasteiger partial charge in [0.15, 0.2) is 5.06 Å². The molecule has 0 radical (unpaired) electrons. The van der Waals surface area contributed by atoms with Gasteiger partial charge in [0.05, 0.1) is 17.5 Å². The normalized spacial score (nSPS) is 16.6. The van der Waals surface area contributed by atoms with Crippen LogP contribution in [-0.4, -0.2) is 28.0 Å². The Morgan fingerprint density at radius 1 is 1.31 bits per heavy atom. The summed E-state index contributed by atoms with van der Waals surface area (Å²) in [6.45, 7) is 2.05. The molecule has 1 atom stereocenters. The molecule has 0 spiro atoms. The van der Waals surface area contributed by atoms with Gasteiger partial charge in [0.1, 0.15) is 17.4 Å². The summed E-state index contributed by atoms with van der Waals surface area (Å²) >= 11 is 1.25. The predicted molar refractivity (Wildman–Crippen MR) is 96.0 cm³/mol. The molecule has 1 amide bonds. The fourth-order valence-electron chi connectivity index (χ4n) is 2.80. The lowest BCUT2D eigenvalue weighted by Gasteiger charge is -2.16. The Morgan fingerprint density at radius 2 is 2.15 bits per heavy atom. The lowest BCUT2D eigenvalue weighted by Crippen LogP contribution is -2.42. The summed E-state index contributed by atoms with van der Waals surface area (Å²) in [5, 5.41) is 6.92. The molecule has 2 aromatic heterocycles. The molecule has 26 heavy (non-hydrogen) atoms. The fraction of sp³-hybridized carbons (Fsp3) is 0.222. The summed E-state index contributed by atoms with van der Waals surface area (Å²) in [4.78, 5) is 17.4. The van der Waals surface area contributed by atoms with Gasteiger partial charge in [0.25, 0.3) is 5.91 Å². The van der Waals surface area contributed by atoms with E-state index >= 15 is 0 Å². The first kappa shape index (κ1) is 16.7. The van der Waals surface area contributed by atoms with Gasteiger partial charge in [-0.25, -0.2) is 9.37 Å². The smallest absolute Gasteiger partial charge is 0.261 e. The number of hydrogen-bond acceptors (Lipinski definition) is 5. The van der Waals surface area contributed by atoms with Gasteiger partial charge >= 0.3 is 0 Å². The molecule has 3 heterocycles. The van der Waals surface area contributed by atoms with Crippen LogP contribution in [0.2, 0.25) is 0 Å². The van der Waals surface area contributed by atoms with Crippen molar-refractivity contribution in [3.63, 3.8) is 0 Å². The summed E-state index contributed by atoms with van der Waals surface area (Å²) in [5.41, 5.74) is 0. The van der Waals surface area contributed by atoms with Crippen molar-refractivity contribution in [1.82, 2.24) is 20.2 Å². The van der Waals surface area contributed by atoms with Crippen LogP contribution in [0.4, 0.5) is 4.39 Å². The number of fused-ring (bicyclic) bond motifs is 1. The van der Waals surface area contributed by atoms with E-state index < -0.39 is 0 Å². The Hall–Kier alpha value is -2.71. The van der Waals surface area contributed by atoms with Crippen LogP contribution < -0.4 is 15.4 Å². The van der Waals surface area contributed by atoms with E-state index in [4.69, 9.17) is 4.74 Å². The number of ether oxygens (including phenoxy) is 1. The van der Waals surface area contributed by atoms with Gasteiger partial charge in [-0.3, -0.25) is 4.79 Å². The monoisotopic (exact) mass is 372 g/mol. The second-order valence-corrected chi connectivity index (χ2v) is 7.02. The highest BCUT2D eigenvalue weighted by Gasteiger charge is 2.20. The van der Waals surface area contributed by atoms with Crippen LogP contribution in [0.3, 0.4) is 0 Å². The van der Waals surface area contributed by atoms with E-state index in [1.807, 2.05) is 10.8 Å². The molecule has 1 aliphatic rings. The number of thiophene rings is 1. The van der Waals surface area contributed by atoms with Crippen LogP contribution in [-0.2, 0) is 13.1 Å². The van der Waals surface area contributed by atoms with Crippen molar-refractivity contribution >= 4 is 17.2 Å². The number of halogens is 1. The topological polar surface area (TPSA) is 68.2 Å². The molecule has 1 aromatic carbocycles.